The Kier molecular flexibility index (Phi) is 5.45. The van der Waals surface area contributed by atoms with Crippen molar-refractivity contribution in [1.29, 1.82) is 0 Å². The Morgan fingerprint density at radius 1 is 1.33 bits per heavy atom. The summed E-state index contributed by atoms with van der Waals surface area (Å²) in [5.74, 6) is 0.699. The van der Waals surface area contributed by atoms with E-state index in [1.54, 1.807) is 20.1 Å². The molecule has 1 unspecified atom stereocenters. The van der Waals surface area contributed by atoms with Gasteiger partial charge in [0.15, 0.2) is 17.6 Å². The van der Waals surface area contributed by atoms with Gasteiger partial charge in [-0.15, -0.1) is 0 Å². The molecule has 0 amide bonds. The number of hydrogen-bond acceptors (Lipinski definition) is 5. The Morgan fingerprint density at radius 2 is 2.06 bits per heavy atom. The molecule has 1 rings (SSSR count). The highest BCUT2D eigenvalue weighted by Gasteiger charge is 2.17. The molecule has 0 radical (unpaired) electrons. The van der Waals surface area contributed by atoms with Crippen LogP contribution in [0.2, 0.25) is 0 Å². The lowest BCUT2D eigenvalue weighted by molar-refractivity contribution is -0.147. The van der Waals surface area contributed by atoms with E-state index in [4.69, 9.17) is 9.47 Å². The molecule has 1 atom stereocenters. The van der Waals surface area contributed by atoms with Crippen LogP contribution < -0.4 is 14.8 Å². The van der Waals surface area contributed by atoms with Crippen LogP contribution in [-0.2, 0) is 16.1 Å². The molecule has 0 bridgehead atoms. The molecule has 0 aliphatic carbocycles. The van der Waals surface area contributed by atoms with Gasteiger partial charge in [0, 0.05) is 6.54 Å². The second-order valence-electron chi connectivity index (χ2n) is 3.80. The highest BCUT2D eigenvalue weighted by molar-refractivity contribution is 5.74. The van der Waals surface area contributed by atoms with Gasteiger partial charge < -0.3 is 19.5 Å². The fraction of sp³-hybridized carbons (Fsp3) is 0.462. The zero-order chi connectivity index (χ0) is 13.5. The van der Waals surface area contributed by atoms with Crippen LogP contribution in [0.4, 0.5) is 0 Å². The molecule has 1 aromatic carbocycles. The quantitative estimate of drug-likeness (QED) is 0.776. The van der Waals surface area contributed by atoms with Crippen molar-refractivity contribution in [3.8, 4) is 11.5 Å². The molecule has 0 saturated carbocycles. The molecule has 0 aliphatic heterocycles. The van der Waals surface area contributed by atoms with Gasteiger partial charge in [-0.05, 0) is 31.7 Å². The number of hydrogen-bond donors (Lipinski definition) is 1. The van der Waals surface area contributed by atoms with E-state index in [1.165, 1.54) is 7.11 Å². The Balaban J connectivity index is 2.85. The summed E-state index contributed by atoms with van der Waals surface area (Å²) >= 11 is 0. The number of carbonyl (C=O) groups is 1. The van der Waals surface area contributed by atoms with Crippen LogP contribution in [0.5, 0.6) is 11.5 Å². The van der Waals surface area contributed by atoms with Gasteiger partial charge in [-0.1, -0.05) is 6.07 Å². The van der Waals surface area contributed by atoms with Crippen molar-refractivity contribution < 1.29 is 19.0 Å². The summed E-state index contributed by atoms with van der Waals surface area (Å²) < 4.78 is 15.3. The van der Waals surface area contributed by atoms with Crippen LogP contribution in [0.1, 0.15) is 12.5 Å². The van der Waals surface area contributed by atoms with Crippen molar-refractivity contribution in [2.24, 2.45) is 0 Å². The Morgan fingerprint density at radius 3 is 2.61 bits per heavy atom. The second kappa shape index (κ2) is 6.86. The predicted octanol–water partition coefficient (Wildman–Crippen LogP) is 1.35. The lowest BCUT2D eigenvalue weighted by Crippen LogP contribution is -2.25. The molecule has 0 heterocycles. The fourth-order valence-electron chi connectivity index (χ4n) is 1.53. The first-order valence-electron chi connectivity index (χ1n) is 5.68. The van der Waals surface area contributed by atoms with Crippen molar-refractivity contribution >= 4 is 5.97 Å². The molecule has 0 aliphatic rings. The summed E-state index contributed by atoms with van der Waals surface area (Å²) in [6.07, 6.45) is -0.668. The molecule has 100 valence electrons. The summed E-state index contributed by atoms with van der Waals surface area (Å²) in [5, 5.41) is 3.05. The number of methoxy groups -OCH3 is 2. The summed E-state index contributed by atoms with van der Waals surface area (Å²) in [6, 6.07) is 5.57. The smallest absolute Gasteiger partial charge is 0.346 e. The molecule has 0 saturated heterocycles. The Bertz CT molecular complexity index is 406. The monoisotopic (exact) mass is 253 g/mol. The Labute approximate surface area is 107 Å². The van der Waals surface area contributed by atoms with Crippen LogP contribution in [0.15, 0.2) is 18.2 Å². The van der Waals surface area contributed by atoms with Gasteiger partial charge in [-0.25, -0.2) is 4.79 Å². The van der Waals surface area contributed by atoms with Crippen molar-refractivity contribution in [1.82, 2.24) is 5.32 Å². The standard InChI is InChI=1S/C13H19NO4/c1-9(13(15)17-4)18-11-6-5-10(8-14-2)7-12(11)16-3/h5-7,9,14H,8H2,1-4H3. The topological polar surface area (TPSA) is 56.8 Å². The molecule has 5 heteroatoms. The van der Waals surface area contributed by atoms with Crippen molar-refractivity contribution in [2.75, 3.05) is 21.3 Å². The van der Waals surface area contributed by atoms with Crippen molar-refractivity contribution in [2.45, 2.75) is 19.6 Å². The highest BCUT2D eigenvalue weighted by Crippen LogP contribution is 2.29. The fourth-order valence-corrected chi connectivity index (χ4v) is 1.53. The number of rotatable bonds is 6. The lowest BCUT2D eigenvalue weighted by Gasteiger charge is -2.15. The largest absolute Gasteiger partial charge is 0.493 e. The van der Waals surface area contributed by atoms with Crippen LogP contribution in [0.3, 0.4) is 0 Å². The molecular formula is C13H19NO4. The zero-order valence-electron chi connectivity index (χ0n) is 11.1. The van der Waals surface area contributed by atoms with Gasteiger partial charge in [0.25, 0.3) is 0 Å². The van der Waals surface area contributed by atoms with Gasteiger partial charge >= 0.3 is 5.97 Å². The molecular weight excluding hydrogens is 234 g/mol. The van der Waals surface area contributed by atoms with E-state index in [0.29, 0.717) is 11.5 Å². The minimum atomic E-state index is -0.668. The first kappa shape index (κ1) is 14.3. The van der Waals surface area contributed by atoms with Crippen molar-refractivity contribution in [3.05, 3.63) is 23.8 Å². The maximum absolute atomic E-state index is 11.3. The maximum atomic E-state index is 11.3. The normalized spacial score (nSPS) is 11.8. The first-order valence-corrected chi connectivity index (χ1v) is 5.68. The third kappa shape index (κ3) is 3.63. The third-order valence-corrected chi connectivity index (χ3v) is 2.45. The second-order valence-corrected chi connectivity index (χ2v) is 3.80. The minimum absolute atomic E-state index is 0.420. The average Bonchev–Trinajstić information content (AvgIpc) is 2.39. The van der Waals surface area contributed by atoms with Crippen LogP contribution in [0.25, 0.3) is 0 Å². The van der Waals surface area contributed by atoms with Crippen LogP contribution in [-0.4, -0.2) is 33.3 Å². The molecule has 1 aromatic rings. The summed E-state index contributed by atoms with van der Waals surface area (Å²) in [6.45, 7) is 2.37. The number of benzene rings is 1. The van der Waals surface area contributed by atoms with Crippen LogP contribution >= 0.6 is 0 Å². The van der Waals surface area contributed by atoms with Crippen LogP contribution in [0, 0.1) is 0 Å². The van der Waals surface area contributed by atoms with Crippen molar-refractivity contribution in [3.63, 3.8) is 0 Å². The van der Waals surface area contributed by atoms with Gasteiger partial charge in [0.05, 0.1) is 14.2 Å². The summed E-state index contributed by atoms with van der Waals surface area (Å²) in [7, 11) is 4.76. The number of esters is 1. The minimum Gasteiger partial charge on any atom is -0.493 e. The average molecular weight is 253 g/mol. The molecule has 5 nitrogen and oxygen atoms in total. The molecule has 0 spiro atoms. The third-order valence-electron chi connectivity index (χ3n) is 2.45. The number of nitrogens with one attached hydrogen (secondary N) is 1. The summed E-state index contributed by atoms with van der Waals surface area (Å²) in [5.41, 5.74) is 1.08. The first-order chi connectivity index (χ1) is 8.62. The predicted molar refractivity (Wildman–Crippen MR) is 67.9 cm³/mol. The molecule has 0 fully saturated rings. The van der Waals surface area contributed by atoms with E-state index in [-0.39, 0.29) is 0 Å². The molecule has 18 heavy (non-hydrogen) atoms. The maximum Gasteiger partial charge on any atom is 0.346 e. The zero-order valence-corrected chi connectivity index (χ0v) is 11.1. The van der Waals surface area contributed by atoms with Gasteiger partial charge in [-0.2, -0.15) is 0 Å². The van der Waals surface area contributed by atoms with E-state index in [0.717, 1.165) is 12.1 Å². The lowest BCUT2D eigenvalue weighted by atomic mass is 10.2. The van der Waals surface area contributed by atoms with E-state index < -0.39 is 12.1 Å². The summed E-state index contributed by atoms with van der Waals surface area (Å²) in [4.78, 5) is 11.3. The molecule has 0 aromatic heterocycles. The van der Waals surface area contributed by atoms with E-state index in [9.17, 15) is 4.79 Å². The van der Waals surface area contributed by atoms with Gasteiger partial charge in [-0.3, -0.25) is 0 Å². The van der Waals surface area contributed by atoms with Gasteiger partial charge in [0.2, 0.25) is 0 Å². The number of ether oxygens (including phenoxy) is 3. The Hall–Kier alpha value is -1.75. The molecule has 1 N–H and O–H groups in total. The van der Waals surface area contributed by atoms with E-state index >= 15 is 0 Å². The van der Waals surface area contributed by atoms with E-state index in [1.807, 2.05) is 19.2 Å². The number of carbonyl (C=O) groups excluding carboxylic acids is 1. The SMILES string of the molecule is CNCc1ccc(OC(C)C(=O)OC)c(OC)c1. The highest BCUT2D eigenvalue weighted by atomic mass is 16.6. The van der Waals surface area contributed by atoms with Gasteiger partial charge in [0.1, 0.15) is 0 Å². The van der Waals surface area contributed by atoms with E-state index in [2.05, 4.69) is 10.1 Å².